The molecule has 0 fully saturated rings. The number of hydrogen-bond donors (Lipinski definition) is 1. The number of thiazole rings is 1. The molecule has 1 N–H and O–H groups in total. The van der Waals surface area contributed by atoms with Crippen molar-refractivity contribution in [2.24, 2.45) is 0 Å². The summed E-state index contributed by atoms with van der Waals surface area (Å²) in [6.45, 7) is 1.93. The average Bonchev–Trinajstić information content (AvgIpc) is 2.84. The van der Waals surface area contributed by atoms with Gasteiger partial charge in [-0.2, -0.15) is 0 Å². The average molecular weight is 283 g/mol. The van der Waals surface area contributed by atoms with E-state index in [1.807, 2.05) is 42.6 Å². The van der Waals surface area contributed by atoms with Gasteiger partial charge in [0.05, 0.1) is 28.3 Å². The van der Waals surface area contributed by atoms with Crippen molar-refractivity contribution in [3.63, 3.8) is 0 Å². The van der Waals surface area contributed by atoms with Crippen LogP contribution in [0.3, 0.4) is 0 Å². The molecule has 0 aliphatic carbocycles. The lowest BCUT2D eigenvalue weighted by atomic mass is 10.2. The van der Waals surface area contributed by atoms with Crippen molar-refractivity contribution in [2.45, 2.75) is 13.3 Å². The van der Waals surface area contributed by atoms with Crippen LogP contribution in [0.2, 0.25) is 0 Å². The van der Waals surface area contributed by atoms with E-state index in [0.717, 1.165) is 27.3 Å². The summed E-state index contributed by atoms with van der Waals surface area (Å²) >= 11 is 1.55. The van der Waals surface area contributed by atoms with Crippen molar-refractivity contribution in [1.29, 1.82) is 0 Å². The van der Waals surface area contributed by atoms with Crippen molar-refractivity contribution in [3.05, 3.63) is 52.6 Å². The summed E-state index contributed by atoms with van der Waals surface area (Å²) < 4.78 is 0. The SMILES string of the molecule is Cc1nc(CC(=O)Nc2cccc3cccnc23)cs1. The first-order chi connectivity index (χ1) is 9.72. The van der Waals surface area contributed by atoms with Crippen LogP contribution in [0.5, 0.6) is 0 Å². The van der Waals surface area contributed by atoms with Crippen LogP contribution in [0.1, 0.15) is 10.7 Å². The number of aryl methyl sites for hydroxylation is 1. The van der Waals surface area contributed by atoms with Crippen molar-refractivity contribution in [3.8, 4) is 0 Å². The van der Waals surface area contributed by atoms with E-state index in [-0.39, 0.29) is 12.3 Å². The van der Waals surface area contributed by atoms with Crippen LogP contribution in [0.4, 0.5) is 5.69 Å². The van der Waals surface area contributed by atoms with Gasteiger partial charge in [0.25, 0.3) is 0 Å². The molecule has 2 heterocycles. The van der Waals surface area contributed by atoms with E-state index in [1.54, 1.807) is 17.5 Å². The van der Waals surface area contributed by atoms with Crippen LogP contribution >= 0.6 is 11.3 Å². The maximum absolute atomic E-state index is 12.1. The Labute approximate surface area is 120 Å². The number of fused-ring (bicyclic) bond motifs is 1. The van der Waals surface area contributed by atoms with Gasteiger partial charge < -0.3 is 5.32 Å². The third-order valence-electron chi connectivity index (χ3n) is 2.92. The van der Waals surface area contributed by atoms with Crippen LogP contribution < -0.4 is 5.32 Å². The number of amides is 1. The summed E-state index contributed by atoms with van der Waals surface area (Å²) in [5, 5.41) is 6.80. The highest BCUT2D eigenvalue weighted by Crippen LogP contribution is 2.20. The molecule has 0 spiro atoms. The van der Waals surface area contributed by atoms with E-state index < -0.39 is 0 Å². The van der Waals surface area contributed by atoms with Crippen LogP contribution in [0.25, 0.3) is 10.9 Å². The second-order valence-corrected chi connectivity index (χ2v) is 5.53. The number of anilines is 1. The largest absolute Gasteiger partial charge is 0.324 e. The summed E-state index contributed by atoms with van der Waals surface area (Å²) in [5.74, 6) is -0.0755. The monoisotopic (exact) mass is 283 g/mol. The second kappa shape index (κ2) is 5.38. The quantitative estimate of drug-likeness (QED) is 0.803. The molecule has 0 saturated heterocycles. The molecular weight excluding hydrogens is 270 g/mol. The second-order valence-electron chi connectivity index (χ2n) is 4.46. The van der Waals surface area contributed by atoms with E-state index in [2.05, 4.69) is 15.3 Å². The topological polar surface area (TPSA) is 54.9 Å². The van der Waals surface area contributed by atoms with E-state index in [4.69, 9.17) is 0 Å². The van der Waals surface area contributed by atoms with E-state index in [1.165, 1.54) is 0 Å². The molecule has 1 aromatic carbocycles. The molecular formula is C15H13N3OS. The smallest absolute Gasteiger partial charge is 0.230 e. The Kier molecular flexibility index (Phi) is 3.43. The van der Waals surface area contributed by atoms with Crippen LogP contribution in [-0.2, 0) is 11.2 Å². The van der Waals surface area contributed by atoms with Crippen LogP contribution in [-0.4, -0.2) is 15.9 Å². The Balaban J connectivity index is 1.81. The maximum atomic E-state index is 12.1. The molecule has 0 bridgehead atoms. The highest BCUT2D eigenvalue weighted by atomic mass is 32.1. The van der Waals surface area contributed by atoms with Gasteiger partial charge in [-0.05, 0) is 19.1 Å². The summed E-state index contributed by atoms with van der Waals surface area (Å²) in [7, 11) is 0. The Morgan fingerprint density at radius 1 is 1.30 bits per heavy atom. The summed E-state index contributed by atoms with van der Waals surface area (Å²) in [6, 6.07) is 9.60. The normalized spacial score (nSPS) is 10.7. The predicted molar refractivity (Wildman–Crippen MR) is 80.9 cm³/mol. The summed E-state index contributed by atoms with van der Waals surface area (Å²) in [4.78, 5) is 20.7. The van der Waals surface area contributed by atoms with Crippen LogP contribution in [0, 0.1) is 6.92 Å². The zero-order valence-corrected chi connectivity index (χ0v) is 11.8. The molecule has 5 heteroatoms. The number of rotatable bonds is 3. The Morgan fingerprint density at radius 2 is 2.15 bits per heavy atom. The fraction of sp³-hybridized carbons (Fsp3) is 0.133. The number of nitrogens with one attached hydrogen (secondary N) is 1. The van der Waals surface area contributed by atoms with Gasteiger partial charge in [0.1, 0.15) is 0 Å². The molecule has 0 saturated carbocycles. The number of pyridine rings is 1. The molecule has 1 amide bonds. The van der Waals surface area contributed by atoms with Crippen molar-refractivity contribution in [2.75, 3.05) is 5.32 Å². The molecule has 3 aromatic rings. The molecule has 3 rings (SSSR count). The first-order valence-electron chi connectivity index (χ1n) is 6.27. The van der Waals surface area contributed by atoms with Gasteiger partial charge in [-0.1, -0.05) is 18.2 Å². The molecule has 0 aliphatic heterocycles. The highest BCUT2D eigenvalue weighted by Gasteiger charge is 2.09. The van der Waals surface area contributed by atoms with Gasteiger partial charge in [-0.15, -0.1) is 11.3 Å². The Hall–Kier alpha value is -2.27. The van der Waals surface area contributed by atoms with Gasteiger partial charge in [0.15, 0.2) is 0 Å². The van der Waals surface area contributed by atoms with E-state index in [9.17, 15) is 4.79 Å². The minimum atomic E-state index is -0.0755. The molecule has 4 nitrogen and oxygen atoms in total. The zero-order chi connectivity index (χ0) is 13.9. The summed E-state index contributed by atoms with van der Waals surface area (Å²) in [6.07, 6.45) is 2.01. The Bertz CT molecular complexity index is 761. The van der Waals surface area contributed by atoms with Crippen molar-refractivity contribution in [1.82, 2.24) is 9.97 Å². The molecule has 0 radical (unpaired) electrons. The molecule has 100 valence electrons. The third-order valence-corrected chi connectivity index (χ3v) is 3.74. The van der Waals surface area contributed by atoms with E-state index in [0.29, 0.717) is 0 Å². The Morgan fingerprint density at radius 3 is 2.95 bits per heavy atom. The molecule has 20 heavy (non-hydrogen) atoms. The fourth-order valence-electron chi connectivity index (χ4n) is 2.05. The van der Waals surface area contributed by atoms with Crippen molar-refractivity contribution >= 4 is 33.8 Å². The summed E-state index contributed by atoms with van der Waals surface area (Å²) in [5.41, 5.74) is 2.34. The van der Waals surface area contributed by atoms with Gasteiger partial charge >= 0.3 is 0 Å². The lowest BCUT2D eigenvalue weighted by Gasteiger charge is -2.07. The standard InChI is InChI=1S/C15H13N3OS/c1-10-17-12(9-20-10)8-14(19)18-13-6-2-4-11-5-3-7-16-15(11)13/h2-7,9H,8H2,1H3,(H,18,19). The molecule has 2 aromatic heterocycles. The maximum Gasteiger partial charge on any atom is 0.230 e. The predicted octanol–water partition coefficient (Wildman–Crippen LogP) is 3.18. The lowest BCUT2D eigenvalue weighted by Crippen LogP contribution is -2.15. The number of benzene rings is 1. The highest BCUT2D eigenvalue weighted by molar-refractivity contribution is 7.09. The lowest BCUT2D eigenvalue weighted by molar-refractivity contribution is -0.115. The zero-order valence-electron chi connectivity index (χ0n) is 11.0. The number of para-hydroxylation sites is 1. The van der Waals surface area contributed by atoms with Gasteiger partial charge in [0.2, 0.25) is 5.91 Å². The number of nitrogens with zero attached hydrogens (tertiary/aromatic N) is 2. The van der Waals surface area contributed by atoms with Gasteiger partial charge in [-0.3, -0.25) is 9.78 Å². The number of carbonyl (C=O) groups is 1. The number of carbonyl (C=O) groups excluding carboxylic acids is 1. The fourth-order valence-corrected chi connectivity index (χ4v) is 2.67. The first kappa shape index (κ1) is 12.7. The molecule has 0 aliphatic rings. The van der Waals surface area contributed by atoms with Crippen molar-refractivity contribution < 1.29 is 4.79 Å². The third kappa shape index (κ3) is 2.67. The number of hydrogen-bond acceptors (Lipinski definition) is 4. The minimum Gasteiger partial charge on any atom is -0.324 e. The van der Waals surface area contributed by atoms with Crippen LogP contribution in [0.15, 0.2) is 41.9 Å². The molecule has 0 unspecified atom stereocenters. The first-order valence-corrected chi connectivity index (χ1v) is 7.15. The number of aromatic nitrogens is 2. The van der Waals surface area contributed by atoms with Gasteiger partial charge in [-0.25, -0.2) is 4.98 Å². The minimum absolute atomic E-state index is 0.0755. The van der Waals surface area contributed by atoms with E-state index >= 15 is 0 Å². The van der Waals surface area contributed by atoms with Gasteiger partial charge in [0, 0.05) is 17.0 Å². The molecule has 0 atom stereocenters.